The molecule has 0 aliphatic carbocycles. The number of benzene rings is 1. The first-order valence-corrected chi connectivity index (χ1v) is 5.60. The second-order valence-corrected chi connectivity index (χ2v) is 3.90. The first-order chi connectivity index (χ1) is 8.93. The molecule has 3 amide bonds. The molecule has 0 unspecified atom stereocenters. The molecule has 0 spiro atoms. The third-order valence-electron chi connectivity index (χ3n) is 2.49. The highest BCUT2D eigenvalue weighted by Gasteiger charge is 2.07. The van der Waals surface area contributed by atoms with E-state index in [4.69, 9.17) is 10.5 Å². The number of carbonyl (C=O) groups excluding carboxylic acids is 2. The zero-order valence-corrected chi connectivity index (χ0v) is 11.1. The molecule has 0 saturated carbocycles. The molecular formula is C13H17N3O3. The monoisotopic (exact) mass is 263 g/mol. The molecule has 0 atom stereocenters. The highest BCUT2D eigenvalue weighted by molar-refractivity contribution is 6.00. The number of rotatable bonds is 4. The summed E-state index contributed by atoms with van der Waals surface area (Å²) in [4.78, 5) is 24.0. The van der Waals surface area contributed by atoms with Gasteiger partial charge in [0, 0.05) is 24.5 Å². The Balaban J connectivity index is 2.83. The summed E-state index contributed by atoms with van der Waals surface area (Å²) in [7, 11) is 3.04. The van der Waals surface area contributed by atoms with Crippen molar-refractivity contribution in [3.63, 3.8) is 0 Å². The lowest BCUT2D eigenvalue weighted by molar-refractivity contribution is -0.112. The third-order valence-corrected chi connectivity index (χ3v) is 2.49. The van der Waals surface area contributed by atoms with Gasteiger partial charge in [0.1, 0.15) is 0 Å². The van der Waals surface area contributed by atoms with E-state index >= 15 is 0 Å². The smallest absolute Gasteiger partial charge is 0.318 e. The summed E-state index contributed by atoms with van der Waals surface area (Å²) in [6.45, 7) is 1.68. The maximum absolute atomic E-state index is 11.6. The van der Waals surface area contributed by atoms with E-state index < -0.39 is 6.03 Å². The van der Waals surface area contributed by atoms with Gasteiger partial charge in [-0.25, -0.2) is 4.79 Å². The van der Waals surface area contributed by atoms with Crippen LogP contribution in [0.5, 0.6) is 0 Å². The summed E-state index contributed by atoms with van der Waals surface area (Å²) in [6.07, 6.45) is 1.34. The van der Waals surface area contributed by atoms with Crippen LogP contribution in [0, 0.1) is 0 Å². The quantitative estimate of drug-likeness (QED) is 0.640. The van der Waals surface area contributed by atoms with Crippen LogP contribution >= 0.6 is 0 Å². The fourth-order valence-corrected chi connectivity index (χ4v) is 1.34. The molecule has 19 heavy (non-hydrogen) atoms. The van der Waals surface area contributed by atoms with Crippen molar-refractivity contribution in [1.29, 1.82) is 0 Å². The second-order valence-electron chi connectivity index (χ2n) is 3.90. The molecule has 6 nitrogen and oxygen atoms in total. The van der Waals surface area contributed by atoms with Crippen molar-refractivity contribution in [2.45, 2.75) is 6.92 Å². The van der Waals surface area contributed by atoms with Gasteiger partial charge in [0.05, 0.1) is 12.9 Å². The van der Waals surface area contributed by atoms with Gasteiger partial charge in [-0.3, -0.25) is 9.69 Å². The molecule has 0 aliphatic heterocycles. The van der Waals surface area contributed by atoms with Gasteiger partial charge < -0.3 is 15.8 Å². The Morgan fingerprint density at radius 3 is 2.68 bits per heavy atom. The van der Waals surface area contributed by atoms with Crippen molar-refractivity contribution in [2.75, 3.05) is 24.4 Å². The SMILES string of the molecule is COC(C)=CC(=O)Nc1cccc(N(C)C(N)=O)c1. The van der Waals surface area contributed by atoms with Crippen molar-refractivity contribution in [3.05, 3.63) is 36.1 Å². The van der Waals surface area contributed by atoms with E-state index in [1.807, 2.05) is 0 Å². The molecule has 1 aromatic carbocycles. The lowest BCUT2D eigenvalue weighted by Crippen LogP contribution is -2.31. The number of ether oxygens (including phenoxy) is 1. The summed E-state index contributed by atoms with van der Waals surface area (Å²) >= 11 is 0. The first kappa shape index (κ1) is 14.6. The third kappa shape index (κ3) is 4.34. The lowest BCUT2D eigenvalue weighted by Gasteiger charge is -2.15. The van der Waals surface area contributed by atoms with Gasteiger partial charge in [-0.05, 0) is 25.1 Å². The molecule has 0 aliphatic rings. The second kappa shape index (κ2) is 6.44. The average Bonchev–Trinajstić information content (AvgIpc) is 2.37. The largest absolute Gasteiger partial charge is 0.501 e. The highest BCUT2D eigenvalue weighted by atomic mass is 16.5. The molecule has 3 N–H and O–H groups in total. The summed E-state index contributed by atoms with van der Waals surface area (Å²) in [5.74, 6) is 0.195. The van der Waals surface area contributed by atoms with E-state index in [-0.39, 0.29) is 5.91 Å². The Labute approximate surface area is 111 Å². The Kier molecular flexibility index (Phi) is 4.93. The maximum Gasteiger partial charge on any atom is 0.318 e. The van der Waals surface area contributed by atoms with Crippen molar-refractivity contribution in [3.8, 4) is 0 Å². The number of amides is 3. The van der Waals surface area contributed by atoms with Crippen LogP contribution in [0.3, 0.4) is 0 Å². The summed E-state index contributed by atoms with van der Waals surface area (Å²) in [5, 5.41) is 2.67. The molecule has 0 radical (unpaired) electrons. The predicted octanol–water partition coefficient (Wildman–Crippen LogP) is 1.69. The van der Waals surface area contributed by atoms with Crippen LogP contribution in [0.4, 0.5) is 16.2 Å². The minimum Gasteiger partial charge on any atom is -0.501 e. The number of anilines is 2. The van der Waals surface area contributed by atoms with E-state index in [9.17, 15) is 9.59 Å². The van der Waals surface area contributed by atoms with Crippen molar-refractivity contribution < 1.29 is 14.3 Å². The van der Waals surface area contributed by atoms with Gasteiger partial charge in [0.15, 0.2) is 0 Å². The molecule has 1 aromatic rings. The molecule has 102 valence electrons. The molecule has 1 rings (SSSR count). The minimum absolute atomic E-state index is 0.307. The van der Waals surface area contributed by atoms with Gasteiger partial charge in [0.2, 0.25) is 0 Å². The van der Waals surface area contributed by atoms with Crippen LogP contribution in [0.1, 0.15) is 6.92 Å². The standard InChI is InChI=1S/C13H17N3O3/c1-9(19-3)7-12(17)15-10-5-4-6-11(8-10)16(2)13(14)18/h4-8H,1-3H3,(H2,14,18)(H,15,17). The number of primary amides is 1. The number of urea groups is 1. The Morgan fingerprint density at radius 1 is 1.42 bits per heavy atom. The molecule has 0 heterocycles. The van der Waals surface area contributed by atoms with Crippen molar-refractivity contribution >= 4 is 23.3 Å². The van der Waals surface area contributed by atoms with Gasteiger partial charge in [-0.15, -0.1) is 0 Å². The number of nitrogens with two attached hydrogens (primary N) is 1. The molecule has 0 aromatic heterocycles. The van der Waals surface area contributed by atoms with Crippen LogP contribution in [0.2, 0.25) is 0 Å². The topological polar surface area (TPSA) is 84.7 Å². The number of allylic oxidation sites excluding steroid dienone is 1. The van der Waals surface area contributed by atoms with Gasteiger partial charge in [-0.1, -0.05) is 6.07 Å². The van der Waals surface area contributed by atoms with Crippen molar-refractivity contribution in [2.24, 2.45) is 5.73 Å². The molecule has 0 saturated heterocycles. The van der Waals surface area contributed by atoms with E-state index in [0.29, 0.717) is 17.1 Å². The van der Waals surface area contributed by atoms with Crippen molar-refractivity contribution in [1.82, 2.24) is 0 Å². The number of nitrogens with zero attached hydrogens (tertiary/aromatic N) is 1. The minimum atomic E-state index is -0.571. The van der Waals surface area contributed by atoms with Gasteiger partial charge >= 0.3 is 6.03 Å². The highest BCUT2D eigenvalue weighted by Crippen LogP contribution is 2.18. The Hall–Kier alpha value is -2.50. The predicted molar refractivity (Wildman–Crippen MR) is 73.8 cm³/mol. The normalized spacial score (nSPS) is 10.8. The fourth-order valence-electron chi connectivity index (χ4n) is 1.34. The van der Waals surface area contributed by atoms with Crippen LogP contribution in [-0.2, 0) is 9.53 Å². The molecule has 6 heteroatoms. The van der Waals surface area contributed by atoms with E-state index in [1.54, 1.807) is 38.2 Å². The number of hydrogen-bond donors (Lipinski definition) is 2. The van der Waals surface area contributed by atoms with E-state index in [0.717, 1.165) is 0 Å². The number of carbonyl (C=O) groups is 2. The number of methoxy groups -OCH3 is 1. The average molecular weight is 263 g/mol. The zero-order valence-electron chi connectivity index (χ0n) is 11.1. The van der Waals surface area contributed by atoms with Crippen LogP contribution in [-0.4, -0.2) is 26.1 Å². The number of nitrogens with one attached hydrogen (secondary N) is 1. The van der Waals surface area contributed by atoms with Crippen LogP contribution in [0.25, 0.3) is 0 Å². The summed E-state index contributed by atoms with van der Waals surface area (Å²) in [5.41, 5.74) is 6.34. The fraction of sp³-hybridized carbons (Fsp3) is 0.231. The lowest BCUT2D eigenvalue weighted by atomic mass is 10.2. The van der Waals surface area contributed by atoms with E-state index in [2.05, 4.69) is 5.32 Å². The molecule has 0 fully saturated rings. The van der Waals surface area contributed by atoms with Crippen LogP contribution < -0.4 is 16.0 Å². The molecular weight excluding hydrogens is 246 g/mol. The summed E-state index contributed by atoms with van der Waals surface area (Å²) in [6, 6.07) is 6.23. The first-order valence-electron chi connectivity index (χ1n) is 5.60. The van der Waals surface area contributed by atoms with Crippen LogP contribution in [0.15, 0.2) is 36.1 Å². The zero-order chi connectivity index (χ0) is 14.4. The Bertz CT molecular complexity index is 512. The number of hydrogen-bond acceptors (Lipinski definition) is 3. The summed E-state index contributed by atoms with van der Waals surface area (Å²) < 4.78 is 4.88. The van der Waals surface area contributed by atoms with Gasteiger partial charge in [0.25, 0.3) is 5.91 Å². The van der Waals surface area contributed by atoms with Gasteiger partial charge in [-0.2, -0.15) is 0 Å². The maximum atomic E-state index is 11.6. The molecule has 0 bridgehead atoms. The van der Waals surface area contributed by atoms with E-state index in [1.165, 1.54) is 18.1 Å². The Morgan fingerprint density at radius 2 is 2.11 bits per heavy atom.